The van der Waals surface area contributed by atoms with Gasteiger partial charge < -0.3 is 4.74 Å². The van der Waals surface area contributed by atoms with Gasteiger partial charge >= 0.3 is 0 Å². The maximum Gasteiger partial charge on any atom is 0.161 e. The molecule has 0 N–H and O–H groups in total. The Bertz CT molecular complexity index is 613. The van der Waals surface area contributed by atoms with Gasteiger partial charge in [-0.15, -0.1) is 0 Å². The van der Waals surface area contributed by atoms with Crippen molar-refractivity contribution < 1.29 is 13.5 Å². The Morgan fingerprint density at radius 3 is 1.95 bits per heavy atom. The van der Waals surface area contributed by atoms with Crippen molar-refractivity contribution >= 4 is 5.83 Å². The zero-order chi connectivity index (χ0) is 15.2. The second-order valence-corrected chi connectivity index (χ2v) is 4.91. The van der Waals surface area contributed by atoms with Gasteiger partial charge in [0.25, 0.3) is 0 Å². The molecule has 0 aromatic heterocycles. The van der Waals surface area contributed by atoms with Crippen molar-refractivity contribution in [3.8, 4) is 11.5 Å². The SMILES string of the molecule is CCC/C(F)=C(/F)c1ccc(Oc2ccc(C)cc2)cc1. The van der Waals surface area contributed by atoms with Crippen LogP contribution in [0.5, 0.6) is 11.5 Å². The molecule has 0 fully saturated rings. The fourth-order valence-corrected chi connectivity index (χ4v) is 1.90. The van der Waals surface area contributed by atoms with E-state index in [0.29, 0.717) is 17.9 Å². The van der Waals surface area contributed by atoms with Gasteiger partial charge in [0.05, 0.1) is 0 Å². The van der Waals surface area contributed by atoms with E-state index in [9.17, 15) is 8.78 Å². The first-order valence-electron chi connectivity index (χ1n) is 6.99. The molecule has 0 amide bonds. The molecule has 0 aliphatic rings. The highest BCUT2D eigenvalue weighted by atomic mass is 19.2. The summed E-state index contributed by atoms with van der Waals surface area (Å²) in [5.41, 5.74) is 1.38. The zero-order valence-electron chi connectivity index (χ0n) is 12.2. The highest BCUT2D eigenvalue weighted by molar-refractivity contribution is 5.61. The summed E-state index contributed by atoms with van der Waals surface area (Å²) in [6.45, 7) is 3.81. The Balaban J connectivity index is 2.12. The molecule has 2 aromatic rings. The van der Waals surface area contributed by atoms with Gasteiger partial charge in [-0.2, -0.15) is 0 Å². The third-order valence-electron chi connectivity index (χ3n) is 3.07. The highest BCUT2D eigenvalue weighted by Gasteiger charge is 2.08. The van der Waals surface area contributed by atoms with E-state index >= 15 is 0 Å². The van der Waals surface area contributed by atoms with Crippen LogP contribution in [-0.2, 0) is 0 Å². The molecule has 0 bridgehead atoms. The van der Waals surface area contributed by atoms with Crippen molar-refractivity contribution in [3.63, 3.8) is 0 Å². The Labute approximate surface area is 123 Å². The number of aryl methyl sites for hydroxylation is 1. The summed E-state index contributed by atoms with van der Waals surface area (Å²) in [7, 11) is 0. The molecule has 0 heterocycles. The molecule has 3 heteroatoms. The van der Waals surface area contributed by atoms with Gasteiger partial charge in [0.1, 0.15) is 17.3 Å². The maximum absolute atomic E-state index is 13.8. The van der Waals surface area contributed by atoms with E-state index in [4.69, 9.17) is 4.74 Å². The maximum atomic E-state index is 13.8. The minimum Gasteiger partial charge on any atom is -0.457 e. The Morgan fingerprint density at radius 2 is 1.43 bits per heavy atom. The average molecular weight is 288 g/mol. The summed E-state index contributed by atoms with van der Waals surface area (Å²) in [4.78, 5) is 0. The van der Waals surface area contributed by atoms with Crippen LogP contribution < -0.4 is 4.74 Å². The van der Waals surface area contributed by atoms with E-state index in [1.165, 1.54) is 12.1 Å². The van der Waals surface area contributed by atoms with Crippen LogP contribution in [0.25, 0.3) is 5.83 Å². The molecule has 0 aliphatic carbocycles. The minimum atomic E-state index is -0.793. The van der Waals surface area contributed by atoms with Gasteiger partial charge in [0.2, 0.25) is 0 Å². The molecule has 0 radical (unpaired) electrons. The van der Waals surface area contributed by atoms with Crippen LogP contribution in [0.15, 0.2) is 54.4 Å². The summed E-state index contributed by atoms with van der Waals surface area (Å²) in [6, 6.07) is 13.9. The van der Waals surface area contributed by atoms with E-state index in [2.05, 4.69) is 0 Å². The lowest BCUT2D eigenvalue weighted by atomic mass is 10.1. The summed E-state index contributed by atoms with van der Waals surface area (Å²) in [5, 5.41) is 0. The lowest BCUT2D eigenvalue weighted by Gasteiger charge is -2.07. The first-order chi connectivity index (χ1) is 10.1. The molecule has 0 spiro atoms. The lowest BCUT2D eigenvalue weighted by molar-refractivity contribution is 0.482. The van der Waals surface area contributed by atoms with Gasteiger partial charge in [0.15, 0.2) is 5.83 Å². The third-order valence-corrected chi connectivity index (χ3v) is 3.07. The molecule has 0 aliphatic heterocycles. The van der Waals surface area contributed by atoms with Crippen molar-refractivity contribution in [1.29, 1.82) is 0 Å². The first-order valence-corrected chi connectivity index (χ1v) is 6.99. The number of ether oxygens (including phenoxy) is 1. The molecule has 0 saturated heterocycles. The van der Waals surface area contributed by atoms with Crippen molar-refractivity contribution in [3.05, 3.63) is 65.5 Å². The van der Waals surface area contributed by atoms with E-state index in [1.807, 2.05) is 38.1 Å². The lowest BCUT2D eigenvalue weighted by Crippen LogP contribution is -1.87. The standard InChI is InChI=1S/C18H18F2O/c1-3-4-17(19)18(20)14-7-11-16(12-8-14)21-15-9-5-13(2)6-10-15/h5-12H,3-4H2,1-2H3/b18-17-. The first kappa shape index (κ1) is 15.2. The molecule has 110 valence electrons. The molecule has 2 aromatic carbocycles. The number of hydrogen-bond acceptors (Lipinski definition) is 1. The Kier molecular flexibility index (Phi) is 5.09. The van der Waals surface area contributed by atoms with Crippen LogP contribution in [0.3, 0.4) is 0 Å². The largest absolute Gasteiger partial charge is 0.457 e. The number of rotatable bonds is 5. The second kappa shape index (κ2) is 7.02. The van der Waals surface area contributed by atoms with Crippen LogP contribution in [-0.4, -0.2) is 0 Å². The molecule has 0 saturated carbocycles. The summed E-state index contributed by atoms with van der Waals surface area (Å²) in [5.74, 6) is -0.198. The Morgan fingerprint density at radius 1 is 0.905 bits per heavy atom. The smallest absolute Gasteiger partial charge is 0.161 e. The molecule has 0 atom stereocenters. The van der Waals surface area contributed by atoms with E-state index < -0.39 is 11.7 Å². The predicted octanol–water partition coefficient (Wildman–Crippen LogP) is 6.20. The number of halogens is 2. The van der Waals surface area contributed by atoms with Crippen molar-refractivity contribution in [2.75, 3.05) is 0 Å². The van der Waals surface area contributed by atoms with Crippen LogP contribution in [0.1, 0.15) is 30.9 Å². The second-order valence-electron chi connectivity index (χ2n) is 4.91. The molecular formula is C18H18F2O. The highest BCUT2D eigenvalue weighted by Crippen LogP contribution is 2.27. The summed E-state index contributed by atoms with van der Waals surface area (Å²) in [6.07, 6.45) is 0.696. The van der Waals surface area contributed by atoms with Gasteiger partial charge in [-0.25, -0.2) is 8.78 Å². The zero-order valence-corrected chi connectivity index (χ0v) is 12.2. The van der Waals surface area contributed by atoms with E-state index in [1.54, 1.807) is 12.1 Å². The minimum absolute atomic E-state index is 0.119. The summed E-state index contributed by atoms with van der Waals surface area (Å²) >= 11 is 0. The van der Waals surface area contributed by atoms with Gasteiger partial charge in [-0.1, -0.05) is 24.6 Å². The monoisotopic (exact) mass is 288 g/mol. The Hall–Kier alpha value is -2.16. The van der Waals surface area contributed by atoms with E-state index in [-0.39, 0.29) is 12.0 Å². The third kappa shape index (κ3) is 4.15. The van der Waals surface area contributed by atoms with Crippen LogP contribution >= 0.6 is 0 Å². The van der Waals surface area contributed by atoms with Crippen LogP contribution in [0.2, 0.25) is 0 Å². The normalized spacial score (nSPS) is 12.0. The number of hydrogen-bond donors (Lipinski definition) is 0. The molecule has 1 nitrogen and oxygen atoms in total. The molecule has 2 rings (SSSR count). The fraction of sp³-hybridized carbons (Fsp3) is 0.222. The fourth-order valence-electron chi connectivity index (χ4n) is 1.90. The van der Waals surface area contributed by atoms with Crippen LogP contribution in [0, 0.1) is 6.92 Å². The quantitative estimate of drug-likeness (QED) is 0.637. The van der Waals surface area contributed by atoms with Crippen LogP contribution in [0.4, 0.5) is 8.78 Å². The number of allylic oxidation sites excluding steroid dienone is 1. The summed E-state index contributed by atoms with van der Waals surface area (Å²) < 4.78 is 32.9. The predicted molar refractivity (Wildman–Crippen MR) is 81.7 cm³/mol. The van der Waals surface area contributed by atoms with E-state index in [0.717, 1.165) is 5.56 Å². The van der Waals surface area contributed by atoms with Gasteiger partial charge in [-0.3, -0.25) is 0 Å². The molecule has 0 unspecified atom stereocenters. The van der Waals surface area contributed by atoms with Gasteiger partial charge in [0, 0.05) is 12.0 Å². The van der Waals surface area contributed by atoms with Crippen molar-refractivity contribution in [1.82, 2.24) is 0 Å². The average Bonchev–Trinajstić information content (AvgIpc) is 2.50. The molecular weight excluding hydrogens is 270 g/mol. The topological polar surface area (TPSA) is 9.23 Å². The van der Waals surface area contributed by atoms with Crippen molar-refractivity contribution in [2.45, 2.75) is 26.7 Å². The van der Waals surface area contributed by atoms with Crippen molar-refractivity contribution in [2.24, 2.45) is 0 Å². The number of benzene rings is 2. The van der Waals surface area contributed by atoms with Gasteiger partial charge in [-0.05, 0) is 49.7 Å². The molecule has 21 heavy (non-hydrogen) atoms.